The molecular weight excluding hydrogens is 236 g/mol. The predicted octanol–water partition coefficient (Wildman–Crippen LogP) is 2.81. The molecule has 1 N–H and O–H groups in total. The highest BCUT2D eigenvalue weighted by Gasteiger charge is 2.04. The van der Waals surface area contributed by atoms with Crippen molar-refractivity contribution >= 4 is 33.2 Å². The quantitative estimate of drug-likeness (QED) is 0.812. The summed E-state index contributed by atoms with van der Waals surface area (Å²) < 4.78 is 0.746. The van der Waals surface area contributed by atoms with Crippen LogP contribution in [0.5, 0.6) is 0 Å². The number of benzene rings is 1. The molecule has 0 radical (unpaired) electrons. The van der Waals surface area contributed by atoms with Crippen LogP contribution >= 0.6 is 15.9 Å². The van der Waals surface area contributed by atoms with E-state index in [-0.39, 0.29) is 11.6 Å². The SMILES string of the molecule is CC(=O)Nc1ccc(Br)cc1N=O. The Balaban J connectivity index is 3.05. The smallest absolute Gasteiger partial charge is 0.221 e. The molecule has 13 heavy (non-hydrogen) atoms. The van der Waals surface area contributed by atoms with Gasteiger partial charge in [0.2, 0.25) is 5.91 Å². The van der Waals surface area contributed by atoms with Gasteiger partial charge in [-0.2, -0.15) is 0 Å². The van der Waals surface area contributed by atoms with Crippen LogP contribution in [-0.4, -0.2) is 5.91 Å². The highest BCUT2D eigenvalue weighted by Crippen LogP contribution is 2.28. The molecule has 1 amide bonds. The summed E-state index contributed by atoms with van der Waals surface area (Å²) in [4.78, 5) is 21.0. The summed E-state index contributed by atoms with van der Waals surface area (Å²) in [5.41, 5.74) is 0.635. The van der Waals surface area contributed by atoms with Crippen molar-refractivity contribution in [3.63, 3.8) is 0 Å². The number of hydrogen-bond acceptors (Lipinski definition) is 3. The fourth-order valence-corrected chi connectivity index (χ4v) is 1.22. The lowest BCUT2D eigenvalue weighted by atomic mass is 10.2. The Kier molecular flexibility index (Phi) is 3.13. The van der Waals surface area contributed by atoms with Gasteiger partial charge in [-0.25, -0.2) is 0 Å². The van der Waals surface area contributed by atoms with E-state index in [1.165, 1.54) is 13.0 Å². The molecule has 4 nitrogen and oxygen atoms in total. The van der Waals surface area contributed by atoms with Gasteiger partial charge in [-0.15, -0.1) is 4.91 Å². The van der Waals surface area contributed by atoms with Gasteiger partial charge in [0.1, 0.15) is 5.69 Å². The molecule has 0 aromatic heterocycles. The summed E-state index contributed by atoms with van der Waals surface area (Å²) in [5, 5.41) is 5.29. The van der Waals surface area contributed by atoms with Crippen LogP contribution in [0.3, 0.4) is 0 Å². The minimum Gasteiger partial charge on any atom is -0.324 e. The first-order valence-electron chi connectivity index (χ1n) is 3.54. The van der Waals surface area contributed by atoms with Crippen molar-refractivity contribution in [2.75, 3.05) is 5.32 Å². The number of carbonyl (C=O) groups excluding carboxylic acids is 1. The number of nitrogens with zero attached hydrogens (tertiary/aromatic N) is 1. The standard InChI is InChI=1S/C8H7BrN2O2/c1-5(12)10-7-3-2-6(9)4-8(7)11-13/h2-4H,1H3,(H,10,12). The molecule has 1 rings (SSSR count). The van der Waals surface area contributed by atoms with Gasteiger partial charge in [0.05, 0.1) is 5.69 Å². The van der Waals surface area contributed by atoms with E-state index >= 15 is 0 Å². The molecule has 5 heteroatoms. The van der Waals surface area contributed by atoms with Crippen molar-refractivity contribution in [2.45, 2.75) is 6.92 Å². The minimum atomic E-state index is -0.229. The van der Waals surface area contributed by atoms with Gasteiger partial charge >= 0.3 is 0 Å². The van der Waals surface area contributed by atoms with Gasteiger partial charge in [-0.05, 0) is 23.4 Å². The summed E-state index contributed by atoms with van der Waals surface area (Å²) in [6, 6.07) is 4.88. The van der Waals surface area contributed by atoms with E-state index < -0.39 is 0 Å². The number of halogens is 1. The van der Waals surface area contributed by atoms with E-state index in [0.29, 0.717) is 5.69 Å². The Labute approximate surface area is 83.4 Å². The maximum atomic E-state index is 10.7. The molecule has 0 spiro atoms. The van der Waals surface area contributed by atoms with Crippen molar-refractivity contribution < 1.29 is 4.79 Å². The Morgan fingerprint density at radius 2 is 2.23 bits per heavy atom. The third-order valence-corrected chi connectivity index (χ3v) is 1.86. The van der Waals surface area contributed by atoms with Gasteiger partial charge in [-0.1, -0.05) is 15.9 Å². The molecule has 0 unspecified atom stereocenters. The van der Waals surface area contributed by atoms with E-state index in [9.17, 15) is 9.70 Å². The van der Waals surface area contributed by atoms with Crippen LogP contribution in [0.15, 0.2) is 27.8 Å². The summed E-state index contributed by atoms with van der Waals surface area (Å²) in [7, 11) is 0. The zero-order valence-electron chi connectivity index (χ0n) is 6.87. The first-order chi connectivity index (χ1) is 6.13. The topological polar surface area (TPSA) is 58.5 Å². The van der Waals surface area contributed by atoms with Crippen molar-refractivity contribution in [1.82, 2.24) is 0 Å². The van der Waals surface area contributed by atoms with E-state index in [1.807, 2.05) is 0 Å². The third kappa shape index (κ3) is 2.62. The normalized spacial score (nSPS) is 9.38. The Morgan fingerprint density at radius 1 is 1.54 bits per heavy atom. The highest BCUT2D eigenvalue weighted by molar-refractivity contribution is 9.10. The fourth-order valence-electron chi connectivity index (χ4n) is 0.876. The molecular formula is C8H7BrN2O2. The number of nitrogens with one attached hydrogen (secondary N) is 1. The zero-order chi connectivity index (χ0) is 9.84. The highest BCUT2D eigenvalue weighted by atomic mass is 79.9. The van der Waals surface area contributed by atoms with Gasteiger partial charge in [0.25, 0.3) is 0 Å². The van der Waals surface area contributed by atoms with Gasteiger partial charge in [0, 0.05) is 11.4 Å². The molecule has 0 fully saturated rings. The number of amides is 1. The summed E-state index contributed by atoms with van der Waals surface area (Å²) >= 11 is 3.19. The van der Waals surface area contributed by atoms with Gasteiger partial charge in [0.15, 0.2) is 0 Å². The average Bonchev–Trinajstić information content (AvgIpc) is 2.07. The van der Waals surface area contributed by atoms with Crippen LogP contribution in [0.2, 0.25) is 0 Å². The van der Waals surface area contributed by atoms with Crippen molar-refractivity contribution in [3.8, 4) is 0 Å². The lowest BCUT2D eigenvalue weighted by Gasteiger charge is -2.03. The van der Waals surface area contributed by atoms with E-state index in [2.05, 4.69) is 26.4 Å². The number of rotatable bonds is 2. The van der Waals surface area contributed by atoms with Crippen LogP contribution in [0, 0.1) is 4.91 Å². The van der Waals surface area contributed by atoms with Crippen LogP contribution < -0.4 is 5.32 Å². The molecule has 0 aliphatic heterocycles. The molecule has 1 aromatic rings. The molecule has 68 valence electrons. The van der Waals surface area contributed by atoms with E-state index in [1.54, 1.807) is 12.1 Å². The summed E-state index contributed by atoms with van der Waals surface area (Å²) in [5.74, 6) is -0.229. The third-order valence-electron chi connectivity index (χ3n) is 1.37. The average molecular weight is 243 g/mol. The maximum Gasteiger partial charge on any atom is 0.221 e. The molecule has 1 aromatic carbocycles. The molecule has 0 heterocycles. The van der Waals surface area contributed by atoms with Crippen molar-refractivity contribution in [3.05, 3.63) is 27.6 Å². The molecule has 0 saturated heterocycles. The van der Waals surface area contributed by atoms with Crippen molar-refractivity contribution in [2.24, 2.45) is 5.18 Å². The minimum absolute atomic E-state index is 0.213. The van der Waals surface area contributed by atoms with Crippen LogP contribution in [0.1, 0.15) is 6.92 Å². The zero-order valence-corrected chi connectivity index (χ0v) is 8.46. The van der Waals surface area contributed by atoms with Crippen LogP contribution in [0.25, 0.3) is 0 Å². The van der Waals surface area contributed by atoms with Gasteiger partial charge < -0.3 is 5.32 Å². The number of hydrogen-bond donors (Lipinski definition) is 1. The van der Waals surface area contributed by atoms with Crippen LogP contribution in [-0.2, 0) is 4.79 Å². The second-order valence-corrected chi connectivity index (χ2v) is 3.35. The Bertz CT molecular complexity index is 352. The molecule has 0 bridgehead atoms. The molecule has 0 saturated carbocycles. The number of carbonyl (C=O) groups is 1. The maximum absolute atomic E-state index is 10.7. The van der Waals surface area contributed by atoms with E-state index in [4.69, 9.17) is 0 Å². The largest absolute Gasteiger partial charge is 0.324 e. The predicted molar refractivity (Wildman–Crippen MR) is 53.9 cm³/mol. The number of nitroso groups, excluding NO2 is 1. The fraction of sp³-hybridized carbons (Fsp3) is 0.125. The van der Waals surface area contributed by atoms with Crippen LogP contribution in [0.4, 0.5) is 11.4 Å². The Morgan fingerprint density at radius 3 is 2.77 bits per heavy atom. The summed E-state index contributed by atoms with van der Waals surface area (Å²) in [6.07, 6.45) is 0. The van der Waals surface area contributed by atoms with Crippen molar-refractivity contribution in [1.29, 1.82) is 0 Å². The monoisotopic (exact) mass is 242 g/mol. The Hall–Kier alpha value is -1.23. The van der Waals surface area contributed by atoms with Gasteiger partial charge in [-0.3, -0.25) is 4.79 Å². The second-order valence-electron chi connectivity index (χ2n) is 2.43. The first kappa shape index (κ1) is 9.85. The second kappa shape index (κ2) is 4.13. The van der Waals surface area contributed by atoms with E-state index in [0.717, 1.165) is 4.47 Å². The summed E-state index contributed by atoms with van der Waals surface area (Å²) in [6.45, 7) is 1.37. The lowest BCUT2D eigenvalue weighted by molar-refractivity contribution is -0.114. The lowest BCUT2D eigenvalue weighted by Crippen LogP contribution is -2.05. The number of anilines is 1. The molecule has 0 atom stereocenters. The molecule has 0 aliphatic carbocycles. The first-order valence-corrected chi connectivity index (χ1v) is 4.33. The molecule has 0 aliphatic rings.